The van der Waals surface area contributed by atoms with Gasteiger partial charge < -0.3 is 10.3 Å². The van der Waals surface area contributed by atoms with Crippen LogP contribution in [0, 0.1) is 0 Å². The van der Waals surface area contributed by atoms with Crippen molar-refractivity contribution in [2.24, 2.45) is 0 Å². The molecule has 0 saturated heterocycles. The smallest absolute Gasteiger partial charge is 0.361 e. The van der Waals surface area contributed by atoms with E-state index in [9.17, 15) is 18.0 Å². The average molecular weight is 302 g/mol. The van der Waals surface area contributed by atoms with Crippen LogP contribution >= 0.6 is 11.8 Å². The monoisotopic (exact) mass is 302 g/mol. The first-order valence-electron chi connectivity index (χ1n) is 5.98. The predicted molar refractivity (Wildman–Crippen MR) is 73.5 cm³/mol. The summed E-state index contributed by atoms with van der Waals surface area (Å²) in [6.07, 6.45) is 1.90. The fourth-order valence-electron chi connectivity index (χ4n) is 1.87. The summed E-state index contributed by atoms with van der Waals surface area (Å²) in [7, 11) is 0. The second kappa shape index (κ2) is 6.21. The molecule has 0 aliphatic rings. The summed E-state index contributed by atoms with van der Waals surface area (Å²) in [5.41, 5.74) is -2.48. The number of alkyl halides is 3. The molecule has 0 spiro atoms. The van der Waals surface area contributed by atoms with Crippen LogP contribution in [0.15, 0.2) is 30.5 Å². The molecule has 0 unspecified atom stereocenters. The van der Waals surface area contributed by atoms with Crippen molar-refractivity contribution in [1.29, 1.82) is 0 Å². The van der Waals surface area contributed by atoms with Crippen molar-refractivity contribution in [1.82, 2.24) is 10.3 Å². The lowest BCUT2D eigenvalue weighted by Gasteiger charge is -2.06. The quantitative estimate of drug-likeness (QED) is 0.834. The summed E-state index contributed by atoms with van der Waals surface area (Å²) >= 11 is -0.135. The number of nitrogens with one attached hydrogen (secondary N) is 2. The summed E-state index contributed by atoms with van der Waals surface area (Å²) in [5.74, 6) is -0.458. The van der Waals surface area contributed by atoms with E-state index >= 15 is 0 Å². The molecule has 2 N–H and O–H groups in total. The standard InChI is InChI=1S/C13H13F3N2OS/c14-13(15,16)20-6-5-17-12(19)7-9-8-18-11-4-2-1-3-10(9)11/h1-4,8,18H,5-7H2,(H,17,19). The molecule has 108 valence electrons. The summed E-state index contributed by atoms with van der Waals surface area (Å²) < 4.78 is 35.7. The highest BCUT2D eigenvalue weighted by atomic mass is 32.2. The first kappa shape index (κ1) is 14.8. The van der Waals surface area contributed by atoms with Crippen LogP contribution < -0.4 is 5.32 Å². The van der Waals surface area contributed by atoms with Crippen LogP contribution in [0.3, 0.4) is 0 Å². The molecule has 1 amide bonds. The van der Waals surface area contributed by atoms with Gasteiger partial charge in [0.05, 0.1) is 6.42 Å². The Morgan fingerprint density at radius 3 is 2.80 bits per heavy atom. The van der Waals surface area contributed by atoms with Crippen LogP contribution in [-0.2, 0) is 11.2 Å². The zero-order chi connectivity index (χ0) is 14.6. The van der Waals surface area contributed by atoms with Gasteiger partial charge in [-0.2, -0.15) is 13.2 Å². The lowest BCUT2D eigenvalue weighted by molar-refractivity contribution is -0.120. The highest BCUT2D eigenvalue weighted by molar-refractivity contribution is 8.00. The normalized spacial score (nSPS) is 11.8. The summed E-state index contributed by atoms with van der Waals surface area (Å²) in [6, 6.07) is 7.55. The van der Waals surface area contributed by atoms with E-state index in [1.54, 1.807) is 6.20 Å². The van der Waals surface area contributed by atoms with E-state index in [1.165, 1.54) is 0 Å². The number of amides is 1. The highest BCUT2D eigenvalue weighted by Crippen LogP contribution is 2.29. The maximum Gasteiger partial charge on any atom is 0.441 e. The van der Waals surface area contributed by atoms with Gasteiger partial charge in [-0.25, -0.2) is 0 Å². The van der Waals surface area contributed by atoms with Gasteiger partial charge in [-0.1, -0.05) is 18.2 Å². The number of carbonyl (C=O) groups excluding carboxylic acids is 1. The Labute approximate surface area is 117 Å². The number of carbonyl (C=O) groups is 1. The van der Waals surface area contributed by atoms with Gasteiger partial charge in [-0.15, -0.1) is 0 Å². The number of rotatable bonds is 5. The number of benzene rings is 1. The number of thioether (sulfide) groups is 1. The summed E-state index contributed by atoms with van der Waals surface area (Å²) in [4.78, 5) is 14.7. The lowest BCUT2D eigenvalue weighted by atomic mass is 10.1. The van der Waals surface area contributed by atoms with Gasteiger partial charge in [0, 0.05) is 29.4 Å². The largest absolute Gasteiger partial charge is 0.441 e. The van der Waals surface area contributed by atoms with E-state index in [0.29, 0.717) is 0 Å². The van der Waals surface area contributed by atoms with Crippen LogP contribution in [0.25, 0.3) is 10.9 Å². The Balaban J connectivity index is 1.83. The molecular formula is C13H13F3N2OS. The minimum atomic E-state index is -4.25. The third kappa shape index (κ3) is 4.19. The molecule has 0 aliphatic heterocycles. The lowest BCUT2D eigenvalue weighted by Crippen LogP contribution is -2.27. The first-order chi connectivity index (χ1) is 9.46. The van der Waals surface area contributed by atoms with Crippen molar-refractivity contribution in [3.63, 3.8) is 0 Å². The minimum absolute atomic E-state index is 0.00532. The molecule has 0 fully saturated rings. The third-order valence-electron chi connectivity index (χ3n) is 2.72. The molecule has 1 aromatic carbocycles. The number of fused-ring (bicyclic) bond motifs is 1. The molecule has 0 aliphatic carbocycles. The molecule has 0 saturated carbocycles. The second-order valence-electron chi connectivity index (χ2n) is 4.18. The van der Waals surface area contributed by atoms with Crippen LogP contribution in [-0.4, -0.2) is 28.7 Å². The number of aromatic nitrogens is 1. The van der Waals surface area contributed by atoms with Gasteiger partial charge in [0.25, 0.3) is 0 Å². The number of hydrogen-bond acceptors (Lipinski definition) is 2. The number of para-hydroxylation sites is 1. The Hall–Kier alpha value is -1.63. The molecular weight excluding hydrogens is 289 g/mol. The molecule has 7 heteroatoms. The third-order valence-corrected chi connectivity index (χ3v) is 3.45. The molecule has 0 bridgehead atoms. The molecule has 0 radical (unpaired) electrons. The number of H-pyrrole nitrogens is 1. The van der Waals surface area contributed by atoms with Crippen molar-refractivity contribution < 1.29 is 18.0 Å². The fourth-order valence-corrected chi connectivity index (χ4v) is 2.31. The van der Waals surface area contributed by atoms with Gasteiger partial charge in [0.1, 0.15) is 0 Å². The SMILES string of the molecule is O=C(Cc1c[nH]c2ccccc12)NCCSC(F)(F)F. The van der Waals surface area contributed by atoms with Crippen molar-refractivity contribution in [2.75, 3.05) is 12.3 Å². The van der Waals surface area contributed by atoms with Crippen molar-refractivity contribution >= 4 is 28.6 Å². The van der Waals surface area contributed by atoms with E-state index in [-0.39, 0.29) is 36.4 Å². The molecule has 2 aromatic rings. The summed E-state index contributed by atoms with van der Waals surface area (Å²) in [6.45, 7) is 0.00532. The molecule has 0 atom stereocenters. The Morgan fingerprint density at radius 1 is 1.30 bits per heavy atom. The number of halogens is 3. The van der Waals surface area contributed by atoms with Crippen molar-refractivity contribution in [3.8, 4) is 0 Å². The fraction of sp³-hybridized carbons (Fsp3) is 0.308. The van der Waals surface area contributed by atoms with E-state index in [4.69, 9.17) is 0 Å². The van der Waals surface area contributed by atoms with E-state index < -0.39 is 5.51 Å². The molecule has 2 rings (SSSR count). The van der Waals surface area contributed by atoms with E-state index in [2.05, 4.69) is 10.3 Å². The van der Waals surface area contributed by atoms with Crippen LogP contribution in [0.2, 0.25) is 0 Å². The van der Waals surface area contributed by atoms with Crippen LogP contribution in [0.4, 0.5) is 13.2 Å². The maximum atomic E-state index is 11.9. The van der Waals surface area contributed by atoms with Crippen molar-refractivity contribution in [2.45, 2.75) is 11.9 Å². The number of hydrogen-bond donors (Lipinski definition) is 2. The second-order valence-corrected chi connectivity index (χ2v) is 5.34. The topological polar surface area (TPSA) is 44.9 Å². The average Bonchev–Trinajstić information content (AvgIpc) is 2.77. The van der Waals surface area contributed by atoms with Gasteiger partial charge in [0.2, 0.25) is 5.91 Å². The van der Waals surface area contributed by atoms with E-state index in [0.717, 1.165) is 16.5 Å². The van der Waals surface area contributed by atoms with Gasteiger partial charge in [-0.3, -0.25) is 4.79 Å². The zero-order valence-corrected chi connectivity index (χ0v) is 11.3. The maximum absolute atomic E-state index is 11.9. The summed E-state index contributed by atoms with van der Waals surface area (Å²) in [5, 5.41) is 3.44. The molecule has 3 nitrogen and oxygen atoms in total. The van der Waals surface area contributed by atoms with Crippen LogP contribution in [0.5, 0.6) is 0 Å². The Kier molecular flexibility index (Phi) is 4.59. The molecule has 20 heavy (non-hydrogen) atoms. The van der Waals surface area contributed by atoms with Gasteiger partial charge in [0.15, 0.2) is 0 Å². The predicted octanol–water partition coefficient (Wildman–Crippen LogP) is 3.08. The van der Waals surface area contributed by atoms with Gasteiger partial charge in [-0.05, 0) is 23.4 Å². The molecule has 1 heterocycles. The number of aromatic amines is 1. The zero-order valence-electron chi connectivity index (χ0n) is 10.5. The van der Waals surface area contributed by atoms with E-state index in [1.807, 2.05) is 24.3 Å². The van der Waals surface area contributed by atoms with Crippen LogP contribution in [0.1, 0.15) is 5.56 Å². The Morgan fingerprint density at radius 2 is 2.05 bits per heavy atom. The first-order valence-corrected chi connectivity index (χ1v) is 6.96. The highest BCUT2D eigenvalue weighted by Gasteiger charge is 2.27. The Bertz CT molecular complexity index is 595. The molecule has 1 aromatic heterocycles. The van der Waals surface area contributed by atoms with Gasteiger partial charge >= 0.3 is 5.51 Å². The minimum Gasteiger partial charge on any atom is -0.361 e. The van der Waals surface area contributed by atoms with Crippen molar-refractivity contribution in [3.05, 3.63) is 36.0 Å².